The van der Waals surface area contributed by atoms with E-state index in [4.69, 9.17) is 0 Å². The Balaban J connectivity index is 1.74. The van der Waals surface area contributed by atoms with Gasteiger partial charge in [0.25, 0.3) is 5.91 Å². The summed E-state index contributed by atoms with van der Waals surface area (Å²) in [6, 6.07) is 1.89. The topological polar surface area (TPSA) is 67.2 Å². The molecule has 20 heavy (non-hydrogen) atoms. The largest absolute Gasteiger partial charge is 0.388 e. The van der Waals surface area contributed by atoms with Crippen molar-refractivity contribution in [2.75, 3.05) is 6.54 Å². The number of rotatable bonds is 3. The van der Waals surface area contributed by atoms with E-state index in [0.717, 1.165) is 41.6 Å². The van der Waals surface area contributed by atoms with Crippen LogP contribution >= 0.6 is 11.3 Å². The maximum atomic E-state index is 12.2. The minimum Gasteiger partial charge on any atom is -0.388 e. The van der Waals surface area contributed by atoms with Crippen LogP contribution in [-0.2, 0) is 7.05 Å². The maximum absolute atomic E-state index is 12.2. The molecule has 0 aromatic carbocycles. The molecule has 1 aliphatic rings. The second-order valence-electron chi connectivity index (χ2n) is 5.65. The number of carbonyl (C=O) groups is 1. The average molecular weight is 293 g/mol. The van der Waals surface area contributed by atoms with E-state index in [1.54, 1.807) is 4.68 Å². The first-order valence-electron chi connectivity index (χ1n) is 6.92. The molecule has 0 bridgehead atoms. The van der Waals surface area contributed by atoms with Crippen LogP contribution in [0.25, 0.3) is 10.2 Å². The first kappa shape index (κ1) is 13.6. The summed E-state index contributed by atoms with van der Waals surface area (Å²) in [5.41, 5.74) is 0.233. The maximum Gasteiger partial charge on any atom is 0.261 e. The molecule has 1 fully saturated rings. The van der Waals surface area contributed by atoms with Crippen LogP contribution in [0.4, 0.5) is 0 Å². The molecular weight excluding hydrogens is 274 g/mol. The molecule has 2 N–H and O–H groups in total. The third kappa shape index (κ3) is 2.33. The van der Waals surface area contributed by atoms with E-state index in [2.05, 4.69) is 10.4 Å². The van der Waals surface area contributed by atoms with Gasteiger partial charge in [0, 0.05) is 19.0 Å². The summed E-state index contributed by atoms with van der Waals surface area (Å²) in [6.07, 6.45) is 3.64. The summed E-state index contributed by atoms with van der Waals surface area (Å²) in [5.74, 6) is -0.106. The molecule has 0 unspecified atom stereocenters. The smallest absolute Gasteiger partial charge is 0.261 e. The second-order valence-corrected chi connectivity index (χ2v) is 6.68. The van der Waals surface area contributed by atoms with Gasteiger partial charge in [-0.3, -0.25) is 9.48 Å². The Kier molecular flexibility index (Phi) is 3.30. The van der Waals surface area contributed by atoms with Crippen LogP contribution in [-0.4, -0.2) is 32.9 Å². The number of thiophene rings is 1. The quantitative estimate of drug-likeness (QED) is 0.909. The lowest BCUT2D eigenvalue weighted by Crippen LogP contribution is -2.40. The molecular formula is C14H19N3O2S. The molecule has 1 aliphatic carbocycles. The standard InChI is InChI=1S/C14H19N3O2S/c1-9-10-7-11(20-13(10)17(2)16-9)12(18)15-8-14(19)5-3-4-6-14/h7,19H,3-6,8H2,1-2H3,(H,15,18). The number of hydrogen-bond acceptors (Lipinski definition) is 4. The third-order valence-electron chi connectivity index (χ3n) is 4.03. The highest BCUT2D eigenvalue weighted by Gasteiger charge is 2.31. The summed E-state index contributed by atoms with van der Waals surface area (Å²) in [4.78, 5) is 13.9. The molecule has 2 aromatic rings. The van der Waals surface area contributed by atoms with Crippen LogP contribution in [0.5, 0.6) is 0 Å². The van der Waals surface area contributed by atoms with Gasteiger partial charge in [-0.25, -0.2) is 0 Å². The normalized spacial score (nSPS) is 17.8. The van der Waals surface area contributed by atoms with Crippen LogP contribution in [0, 0.1) is 6.92 Å². The van der Waals surface area contributed by atoms with Gasteiger partial charge in [-0.1, -0.05) is 12.8 Å². The second kappa shape index (κ2) is 4.86. The Morgan fingerprint density at radius 3 is 2.90 bits per heavy atom. The molecule has 5 nitrogen and oxygen atoms in total. The minimum absolute atomic E-state index is 0.106. The van der Waals surface area contributed by atoms with E-state index in [0.29, 0.717) is 11.4 Å². The molecule has 3 rings (SSSR count). The van der Waals surface area contributed by atoms with Gasteiger partial charge >= 0.3 is 0 Å². The zero-order valence-corrected chi connectivity index (χ0v) is 12.6. The molecule has 0 spiro atoms. The summed E-state index contributed by atoms with van der Waals surface area (Å²) < 4.78 is 1.80. The summed E-state index contributed by atoms with van der Waals surface area (Å²) in [7, 11) is 1.88. The van der Waals surface area contributed by atoms with Crippen molar-refractivity contribution < 1.29 is 9.90 Å². The van der Waals surface area contributed by atoms with E-state index >= 15 is 0 Å². The van der Waals surface area contributed by atoms with Gasteiger partial charge < -0.3 is 10.4 Å². The molecule has 0 radical (unpaired) electrons. The van der Waals surface area contributed by atoms with E-state index in [9.17, 15) is 9.90 Å². The monoisotopic (exact) mass is 293 g/mol. The molecule has 0 aliphatic heterocycles. The number of carbonyl (C=O) groups excluding carboxylic acids is 1. The van der Waals surface area contributed by atoms with Gasteiger partial charge in [0.2, 0.25) is 0 Å². The van der Waals surface area contributed by atoms with Crippen LogP contribution in [0.1, 0.15) is 41.0 Å². The zero-order chi connectivity index (χ0) is 14.3. The SMILES string of the molecule is Cc1nn(C)c2sc(C(=O)NCC3(O)CCCC3)cc12. The summed E-state index contributed by atoms with van der Waals surface area (Å²) in [6.45, 7) is 2.29. The summed E-state index contributed by atoms with van der Waals surface area (Å²) in [5, 5.41) is 18.5. The van der Waals surface area contributed by atoms with E-state index < -0.39 is 5.60 Å². The average Bonchev–Trinajstić information content (AvgIpc) is 3.07. The predicted octanol–water partition coefficient (Wildman–Crippen LogP) is 1.98. The lowest BCUT2D eigenvalue weighted by atomic mass is 10.0. The molecule has 108 valence electrons. The molecule has 1 saturated carbocycles. The lowest BCUT2D eigenvalue weighted by Gasteiger charge is -2.21. The number of aromatic nitrogens is 2. The molecule has 0 atom stereocenters. The van der Waals surface area contributed by atoms with Crippen molar-refractivity contribution in [1.82, 2.24) is 15.1 Å². The van der Waals surface area contributed by atoms with Gasteiger partial charge in [-0.05, 0) is 25.8 Å². The van der Waals surface area contributed by atoms with Crippen molar-refractivity contribution in [2.45, 2.75) is 38.2 Å². The van der Waals surface area contributed by atoms with Gasteiger partial charge in [0.1, 0.15) is 4.83 Å². The van der Waals surface area contributed by atoms with Crippen LogP contribution in [0.3, 0.4) is 0 Å². The van der Waals surface area contributed by atoms with E-state index in [1.807, 2.05) is 20.0 Å². The Hall–Kier alpha value is -1.40. The number of hydrogen-bond donors (Lipinski definition) is 2. The number of fused-ring (bicyclic) bond motifs is 1. The highest BCUT2D eigenvalue weighted by molar-refractivity contribution is 7.20. The van der Waals surface area contributed by atoms with Crippen LogP contribution in [0.15, 0.2) is 6.07 Å². The number of nitrogens with one attached hydrogen (secondary N) is 1. The third-order valence-corrected chi connectivity index (χ3v) is 5.23. The van der Waals surface area contributed by atoms with Gasteiger partial charge in [-0.15, -0.1) is 11.3 Å². The van der Waals surface area contributed by atoms with Crippen molar-refractivity contribution >= 4 is 27.5 Å². The molecule has 2 aromatic heterocycles. The zero-order valence-electron chi connectivity index (χ0n) is 11.8. The van der Waals surface area contributed by atoms with E-state index in [-0.39, 0.29) is 5.91 Å². The Labute approximate surface area is 121 Å². The molecule has 6 heteroatoms. The highest BCUT2D eigenvalue weighted by atomic mass is 32.1. The number of aryl methyl sites for hydroxylation is 2. The van der Waals surface area contributed by atoms with E-state index in [1.165, 1.54) is 11.3 Å². The highest BCUT2D eigenvalue weighted by Crippen LogP contribution is 2.30. The fourth-order valence-corrected chi connectivity index (χ4v) is 3.90. The Bertz CT molecular complexity index is 618. The van der Waals surface area contributed by atoms with Gasteiger partial charge in [0.05, 0.1) is 16.2 Å². The lowest BCUT2D eigenvalue weighted by molar-refractivity contribution is 0.0450. The number of nitrogens with zero attached hydrogens (tertiary/aromatic N) is 2. The summed E-state index contributed by atoms with van der Waals surface area (Å²) >= 11 is 1.44. The van der Waals surface area contributed by atoms with Crippen molar-refractivity contribution in [1.29, 1.82) is 0 Å². The molecule has 1 amide bonds. The predicted molar refractivity (Wildman–Crippen MR) is 79.1 cm³/mol. The molecule has 0 saturated heterocycles. The first-order chi connectivity index (χ1) is 9.48. The van der Waals surface area contributed by atoms with Gasteiger partial charge in [0.15, 0.2) is 0 Å². The number of aliphatic hydroxyl groups is 1. The van der Waals surface area contributed by atoms with Crippen LogP contribution < -0.4 is 5.32 Å². The number of amides is 1. The van der Waals surface area contributed by atoms with Crippen molar-refractivity contribution in [3.05, 3.63) is 16.6 Å². The fourth-order valence-electron chi connectivity index (χ4n) is 2.86. The van der Waals surface area contributed by atoms with Crippen molar-refractivity contribution in [3.8, 4) is 0 Å². The Morgan fingerprint density at radius 2 is 2.25 bits per heavy atom. The van der Waals surface area contributed by atoms with Crippen molar-refractivity contribution in [2.24, 2.45) is 7.05 Å². The van der Waals surface area contributed by atoms with Crippen LogP contribution in [0.2, 0.25) is 0 Å². The first-order valence-corrected chi connectivity index (χ1v) is 7.74. The fraction of sp³-hybridized carbons (Fsp3) is 0.571. The van der Waals surface area contributed by atoms with Gasteiger partial charge in [-0.2, -0.15) is 5.10 Å². The molecule has 2 heterocycles. The van der Waals surface area contributed by atoms with Crippen molar-refractivity contribution in [3.63, 3.8) is 0 Å². The Morgan fingerprint density at radius 1 is 1.55 bits per heavy atom. The minimum atomic E-state index is -0.705.